The van der Waals surface area contributed by atoms with Gasteiger partial charge in [-0.25, -0.2) is 0 Å². The summed E-state index contributed by atoms with van der Waals surface area (Å²) in [7, 11) is 0. The number of alkyl halides is 3. The van der Waals surface area contributed by atoms with Crippen LogP contribution in [0.5, 0.6) is 0 Å². The highest BCUT2D eigenvalue weighted by molar-refractivity contribution is 9.10. The fourth-order valence-corrected chi connectivity index (χ4v) is 1.48. The third kappa shape index (κ3) is 2.48. The van der Waals surface area contributed by atoms with Gasteiger partial charge >= 0.3 is 6.18 Å². The molecule has 0 N–H and O–H groups in total. The van der Waals surface area contributed by atoms with Crippen LogP contribution in [0.3, 0.4) is 0 Å². The van der Waals surface area contributed by atoms with E-state index < -0.39 is 11.7 Å². The lowest BCUT2D eigenvalue weighted by molar-refractivity contribution is -0.138. The van der Waals surface area contributed by atoms with Gasteiger partial charge in [-0.1, -0.05) is 15.9 Å². The van der Waals surface area contributed by atoms with Gasteiger partial charge in [-0.05, 0) is 23.8 Å². The maximum atomic E-state index is 12.4. The van der Waals surface area contributed by atoms with Crippen LogP contribution >= 0.6 is 15.9 Å². The van der Waals surface area contributed by atoms with Crippen LogP contribution in [0.2, 0.25) is 0 Å². The summed E-state index contributed by atoms with van der Waals surface area (Å²) < 4.78 is 37.7. The molecule has 0 amide bonds. The van der Waals surface area contributed by atoms with Gasteiger partial charge < -0.3 is 0 Å². The van der Waals surface area contributed by atoms with Crippen molar-refractivity contribution in [1.82, 2.24) is 0 Å². The molecule has 0 atom stereocenters. The molecule has 1 aromatic carbocycles. The number of nitrogens with zero attached hydrogens (tertiary/aromatic N) is 1. The second-order valence-electron chi connectivity index (χ2n) is 2.63. The van der Waals surface area contributed by atoms with E-state index in [0.29, 0.717) is 4.47 Å². The lowest BCUT2D eigenvalue weighted by atomic mass is 10.1. The maximum Gasteiger partial charge on any atom is 0.416 e. The summed E-state index contributed by atoms with van der Waals surface area (Å²) >= 11 is 3.06. The number of hydrogen-bond acceptors (Lipinski definition) is 1. The first kappa shape index (κ1) is 11.1. The average molecular weight is 264 g/mol. The largest absolute Gasteiger partial charge is 0.416 e. The van der Waals surface area contributed by atoms with Gasteiger partial charge in [0.25, 0.3) is 0 Å². The van der Waals surface area contributed by atoms with E-state index in [2.05, 4.69) is 15.9 Å². The molecule has 0 aliphatic rings. The Balaban J connectivity index is 3.23. The molecule has 74 valence electrons. The molecule has 1 rings (SSSR count). The number of benzene rings is 1. The van der Waals surface area contributed by atoms with E-state index in [0.717, 1.165) is 6.07 Å². The van der Waals surface area contributed by atoms with Crippen LogP contribution in [0.25, 0.3) is 0 Å². The minimum Gasteiger partial charge on any atom is -0.198 e. The van der Waals surface area contributed by atoms with Gasteiger partial charge in [0.05, 0.1) is 18.1 Å². The Labute approximate surface area is 87.3 Å². The summed E-state index contributed by atoms with van der Waals surface area (Å²) in [6.07, 6.45) is -4.64. The molecule has 0 fully saturated rings. The van der Waals surface area contributed by atoms with E-state index in [1.165, 1.54) is 12.1 Å². The molecular formula is C9H5BrF3N. The molecule has 0 unspecified atom stereocenters. The first-order valence-electron chi connectivity index (χ1n) is 3.67. The van der Waals surface area contributed by atoms with Crippen LogP contribution in [0.15, 0.2) is 22.7 Å². The van der Waals surface area contributed by atoms with Crippen molar-refractivity contribution in [3.8, 4) is 6.07 Å². The Morgan fingerprint density at radius 2 is 2.00 bits per heavy atom. The summed E-state index contributed by atoms with van der Waals surface area (Å²) in [5.41, 5.74) is -0.753. The summed E-state index contributed by atoms with van der Waals surface area (Å²) in [5.74, 6) is 0. The van der Waals surface area contributed by atoms with E-state index in [4.69, 9.17) is 5.26 Å². The van der Waals surface area contributed by atoms with E-state index >= 15 is 0 Å². The Bertz CT molecular complexity index is 379. The molecule has 0 saturated carbocycles. The van der Waals surface area contributed by atoms with E-state index in [9.17, 15) is 13.2 Å². The van der Waals surface area contributed by atoms with Crippen LogP contribution in [-0.4, -0.2) is 0 Å². The zero-order valence-electron chi connectivity index (χ0n) is 6.90. The highest BCUT2D eigenvalue weighted by Gasteiger charge is 2.32. The lowest BCUT2D eigenvalue weighted by Crippen LogP contribution is -2.08. The fraction of sp³-hybridized carbons (Fsp3) is 0.222. The van der Waals surface area contributed by atoms with E-state index in [1.54, 1.807) is 6.07 Å². The van der Waals surface area contributed by atoms with Gasteiger partial charge in [-0.3, -0.25) is 0 Å². The summed E-state index contributed by atoms with van der Waals surface area (Å²) in [4.78, 5) is 0. The number of halogens is 4. The quantitative estimate of drug-likeness (QED) is 0.761. The lowest BCUT2D eigenvalue weighted by Gasteiger charge is -2.10. The Kier molecular flexibility index (Phi) is 3.17. The van der Waals surface area contributed by atoms with Crippen molar-refractivity contribution in [2.45, 2.75) is 12.6 Å². The minimum absolute atomic E-state index is 0.00521. The molecule has 1 nitrogen and oxygen atoms in total. The third-order valence-electron chi connectivity index (χ3n) is 1.64. The van der Waals surface area contributed by atoms with Gasteiger partial charge in [0.15, 0.2) is 0 Å². The van der Waals surface area contributed by atoms with Crippen molar-refractivity contribution >= 4 is 15.9 Å². The molecular weight excluding hydrogens is 259 g/mol. The zero-order chi connectivity index (χ0) is 10.8. The highest BCUT2D eigenvalue weighted by atomic mass is 79.9. The second-order valence-corrected chi connectivity index (χ2v) is 3.55. The number of hydrogen-bond donors (Lipinski definition) is 0. The fourth-order valence-electron chi connectivity index (χ4n) is 1.07. The molecule has 0 heterocycles. The van der Waals surface area contributed by atoms with Gasteiger partial charge in [-0.2, -0.15) is 18.4 Å². The third-order valence-corrected chi connectivity index (χ3v) is 2.14. The predicted octanol–water partition coefficient (Wildman–Crippen LogP) is 3.53. The smallest absolute Gasteiger partial charge is 0.198 e. The Morgan fingerprint density at radius 3 is 2.50 bits per heavy atom. The maximum absolute atomic E-state index is 12.4. The molecule has 14 heavy (non-hydrogen) atoms. The second kappa shape index (κ2) is 4.01. The van der Waals surface area contributed by atoms with Crippen molar-refractivity contribution in [3.05, 3.63) is 33.8 Å². The van der Waals surface area contributed by atoms with Crippen LogP contribution in [-0.2, 0) is 12.6 Å². The molecule has 0 saturated heterocycles. The zero-order valence-corrected chi connectivity index (χ0v) is 8.48. The molecule has 1 aromatic rings. The minimum atomic E-state index is -4.40. The van der Waals surface area contributed by atoms with Crippen molar-refractivity contribution in [2.24, 2.45) is 0 Å². The molecule has 0 aromatic heterocycles. The summed E-state index contributed by atoms with van der Waals surface area (Å²) in [5, 5.41) is 8.37. The van der Waals surface area contributed by atoms with Gasteiger partial charge in [0.2, 0.25) is 0 Å². The molecule has 5 heteroatoms. The van der Waals surface area contributed by atoms with Crippen LogP contribution < -0.4 is 0 Å². The summed E-state index contributed by atoms with van der Waals surface area (Å²) in [6.45, 7) is 0. The number of nitriles is 1. The summed E-state index contributed by atoms with van der Waals surface area (Å²) in [6, 6.07) is 5.29. The van der Waals surface area contributed by atoms with Gasteiger partial charge in [0.1, 0.15) is 0 Å². The average Bonchev–Trinajstić information content (AvgIpc) is 2.02. The van der Waals surface area contributed by atoms with Crippen molar-refractivity contribution in [1.29, 1.82) is 5.26 Å². The van der Waals surface area contributed by atoms with Crippen LogP contribution in [0, 0.1) is 11.3 Å². The van der Waals surface area contributed by atoms with Gasteiger partial charge in [0, 0.05) is 4.47 Å². The van der Waals surface area contributed by atoms with Crippen LogP contribution in [0.4, 0.5) is 13.2 Å². The van der Waals surface area contributed by atoms with E-state index in [-0.39, 0.29) is 12.0 Å². The Hall–Kier alpha value is -1.02. The van der Waals surface area contributed by atoms with Crippen molar-refractivity contribution < 1.29 is 13.2 Å². The first-order valence-corrected chi connectivity index (χ1v) is 4.47. The first-order chi connectivity index (χ1) is 6.45. The predicted molar refractivity (Wildman–Crippen MR) is 48.5 cm³/mol. The van der Waals surface area contributed by atoms with Crippen LogP contribution in [0.1, 0.15) is 11.1 Å². The molecule has 0 aliphatic carbocycles. The molecule has 0 bridgehead atoms. The molecule has 0 aliphatic heterocycles. The standard InChI is InChI=1S/C9H5BrF3N/c10-7-1-2-8(9(11,12)13)6(5-7)3-4-14/h1-2,5H,3H2. The SMILES string of the molecule is N#CCc1cc(Br)ccc1C(F)(F)F. The van der Waals surface area contributed by atoms with Gasteiger partial charge in [-0.15, -0.1) is 0 Å². The van der Waals surface area contributed by atoms with Crippen molar-refractivity contribution in [2.75, 3.05) is 0 Å². The monoisotopic (exact) mass is 263 g/mol. The molecule has 0 spiro atoms. The number of rotatable bonds is 1. The van der Waals surface area contributed by atoms with Crippen molar-refractivity contribution in [3.63, 3.8) is 0 Å². The highest BCUT2D eigenvalue weighted by Crippen LogP contribution is 2.33. The normalized spacial score (nSPS) is 11.1. The topological polar surface area (TPSA) is 23.8 Å². The van der Waals surface area contributed by atoms with E-state index in [1.807, 2.05) is 0 Å². The molecule has 0 radical (unpaired) electrons. The Morgan fingerprint density at radius 1 is 1.36 bits per heavy atom.